The van der Waals surface area contributed by atoms with Gasteiger partial charge in [0.2, 0.25) is 0 Å². The molecule has 0 bridgehead atoms. The number of H-pyrrole nitrogens is 1. The van der Waals surface area contributed by atoms with E-state index >= 15 is 0 Å². The Hall–Kier alpha value is -1.84. The molecule has 0 saturated heterocycles. The van der Waals surface area contributed by atoms with Gasteiger partial charge in [0.25, 0.3) is 0 Å². The molecule has 0 aliphatic rings. The second-order valence-electron chi connectivity index (χ2n) is 4.26. The smallest absolute Gasteiger partial charge is 0.145 e. The van der Waals surface area contributed by atoms with Crippen LogP contribution in [0.2, 0.25) is 0 Å². The van der Waals surface area contributed by atoms with Gasteiger partial charge in [0, 0.05) is 6.07 Å². The van der Waals surface area contributed by atoms with Crippen molar-refractivity contribution in [3.05, 3.63) is 35.9 Å². The van der Waals surface area contributed by atoms with Crippen molar-refractivity contribution in [3.8, 4) is 11.3 Å². The van der Waals surface area contributed by atoms with E-state index in [0.717, 1.165) is 11.3 Å². The summed E-state index contributed by atoms with van der Waals surface area (Å²) in [6.45, 7) is 3.08. The maximum Gasteiger partial charge on any atom is 0.145 e. The SMILES string of the molecule is CC(C)(F)c1ccc(-c2cc(N)n[nH]2)cc1. The first kappa shape index (κ1) is 10.7. The van der Waals surface area contributed by atoms with E-state index in [-0.39, 0.29) is 0 Å². The summed E-state index contributed by atoms with van der Waals surface area (Å²) in [4.78, 5) is 0. The number of anilines is 1. The highest BCUT2D eigenvalue weighted by Crippen LogP contribution is 2.27. The van der Waals surface area contributed by atoms with E-state index in [1.807, 2.05) is 12.1 Å². The Bertz CT molecular complexity index is 480. The van der Waals surface area contributed by atoms with Crippen molar-refractivity contribution < 1.29 is 4.39 Å². The summed E-state index contributed by atoms with van der Waals surface area (Å²) >= 11 is 0. The van der Waals surface area contributed by atoms with Gasteiger partial charge in [-0.3, -0.25) is 5.10 Å². The molecule has 0 aliphatic heterocycles. The Morgan fingerprint density at radius 3 is 2.31 bits per heavy atom. The van der Waals surface area contributed by atoms with Crippen LogP contribution in [0.15, 0.2) is 30.3 Å². The Labute approximate surface area is 93.5 Å². The van der Waals surface area contributed by atoms with E-state index in [1.54, 1.807) is 18.2 Å². The zero-order valence-corrected chi connectivity index (χ0v) is 9.29. The van der Waals surface area contributed by atoms with Gasteiger partial charge < -0.3 is 5.73 Å². The molecule has 0 amide bonds. The summed E-state index contributed by atoms with van der Waals surface area (Å²) in [5.41, 5.74) is 6.63. The minimum absolute atomic E-state index is 0.449. The van der Waals surface area contributed by atoms with Crippen molar-refractivity contribution in [3.63, 3.8) is 0 Å². The summed E-state index contributed by atoms with van der Waals surface area (Å²) in [7, 11) is 0. The molecule has 3 nitrogen and oxygen atoms in total. The molecule has 16 heavy (non-hydrogen) atoms. The van der Waals surface area contributed by atoms with E-state index in [1.165, 1.54) is 13.8 Å². The van der Waals surface area contributed by atoms with Crippen LogP contribution in [-0.4, -0.2) is 10.2 Å². The quantitative estimate of drug-likeness (QED) is 0.816. The lowest BCUT2D eigenvalue weighted by Gasteiger charge is -2.14. The van der Waals surface area contributed by atoms with Crippen LogP contribution in [-0.2, 0) is 5.67 Å². The fourth-order valence-corrected chi connectivity index (χ4v) is 1.53. The molecule has 0 unspecified atom stereocenters. The summed E-state index contributed by atoms with van der Waals surface area (Å²) in [5, 5.41) is 6.65. The lowest BCUT2D eigenvalue weighted by atomic mass is 9.98. The molecule has 0 aliphatic carbocycles. The number of nitrogens with zero attached hydrogens (tertiary/aromatic N) is 1. The van der Waals surface area contributed by atoms with Crippen LogP contribution in [0, 0.1) is 0 Å². The number of aromatic nitrogens is 2. The second-order valence-corrected chi connectivity index (χ2v) is 4.26. The van der Waals surface area contributed by atoms with Crippen molar-refractivity contribution in [1.29, 1.82) is 0 Å². The lowest BCUT2D eigenvalue weighted by Crippen LogP contribution is -2.08. The Morgan fingerprint density at radius 2 is 1.88 bits per heavy atom. The number of nitrogens with one attached hydrogen (secondary N) is 1. The number of rotatable bonds is 2. The molecule has 0 atom stereocenters. The number of alkyl halides is 1. The third kappa shape index (κ3) is 2.05. The first-order valence-corrected chi connectivity index (χ1v) is 5.07. The maximum atomic E-state index is 13.6. The summed E-state index contributed by atoms with van der Waals surface area (Å²) in [6.07, 6.45) is 0. The van der Waals surface area contributed by atoms with E-state index in [4.69, 9.17) is 5.73 Å². The van der Waals surface area contributed by atoms with E-state index < -0.39 is 5.67 Å². The number of hydrogen-bond acceptors (Lipinski definition) is 2. The number of aromatic amines is 1. The van der Waals surface area contributed by atoms with Crippen LogP contribution < -0.4 is 5.73 Å². The van der Waals surface area contributed by atoms with E-state index in [2.05, 4.69) is 10.2 Å². The minimum Gasteiger partial charge on any atom is -0.382 e. The number of hydrogen-bond donors (Lipinski definition) is 2. The van der Waals surface area contributed by atoms with E-state index in [9.17, 15) is 4.39 Å². The fraction of sp³-hybridized carbons (Fsp3) is 0.250. The Kier molecular flexibility index (Phi) is 2.42. The van der Waals surface area contributed by atoms with E-state index in [0.29, 0.717) is 11.4 Å². The van der Waals surface area contributed by atoms with Gasteiger partial charge in [0.1, 0.15) is 11.5 Å². The second kappa shape index (κ2) is 3.63. The number of halogens is 1. The molecule has 3 N–H and O–H groups in total. The number of nitrogens with two attached hydrogens (primary N) is 1. The summed E-state index contributed by atoms with van der Waals surface area (Å²) in [6, 6.07) is 8.99. The highest BCUT2D eigenvalue weighted by atomic mass is 19.1. The molecule has 84 valence electrons. The zero-order chi connectivity index (χ0) is 11.8. The van der Waals surface area contributed by atoms with Crippen molar-refractivity contribution in [1.82, 2.24) is 10.2 Å². The molecule has 4 heteroatoms. The molecule has 0 radical (unpaired) electrons. The normalized spacial score (nSPS) is 11.7. The molecule has 0 spiro atoms. The maximum absolute atomic E-state index is 13.6. The Morgan fingerprint density at radius 1 is 1.25 bits per heavy atom. The minimum atomic E-state index is -1.31. The Balaban J connectivity index is 2.33. The first-order valence-electron chi connectivity index (χ1n) is 5.07. The first-order chi connectivity index (χ1) is 7.47. The van der Waals surface area contributed by atoms with Crippen molar-refractivity contribution in [2.75, 3.05) is 5.73 Å². The predicted molar refractivity (Wildman–Crippen MR) is 62.6 cm³/mol. The molecule has 2 aromatic rings. The standard InChI is InChI=1S/C12H14FN3/c1-12(2,13)9-5-3-8(4-6-9)10-7-11(14)16-15-10/h3-7H,1-2H3,(H3,14,15,16). The van der Waals surface area contributed by atoms with Crippen molar-refractivity contribution in [2.45, 2.75) is 19.5 Å². The van der Waals surface area contributed by atoms with Crippen LogP contribution in [0.5, 0.6) is 0 Å². The van der Waals surface area contributed by atoms with Gasteiger partial charge in [-0.25, -0.2) is 4.39 Å². The largest absolute Gasteiger partial charge is 0.382 e. The van der Waals surface area contributed by atoms with Gasteiger partial charge in [0.05, 0.1) is 5.69 Å². The fourth-order valence-electron chi connectivity index (χ4n) is 1.53. The lowest BCUT2D eigenvalue weighted by molar-refractivity contribution is 0.221. The molecule has 1 aromatic carbocycles. The molecular weight excluding hydrogens is 205 g/mol. The van der Waals surface area contributed by atoms with Gasteiger partial charge in [0.15, 0.2) is 0 Å². The van der Waals surface area contributed by atoms with Crippen LogP contribution in [0.25, 0.3) is 11.3 Å². The third-order valence-electron chi connectivity index (χ3n) is 2.48. The van der Waals surface area contributed by atoms with Crippen LogP contribution >= 0.6 is 0 Å². The average molecular weight is 219 g/mol. The van der Waals surface area contributed by atoms with Crippen LogP contribution in [0.4, 0.5) is 10.2 Å². The topological polar surface area (TPSA) is 54.7 Å². The number of nitrogen functional groups attached to an aromatic ring is 1. The molecular formula is C12H14FN3. The summed E-state index contributed by atoms with van der Waals surface area (Å²) < 4.78 is 13.6. The van der Waals surface area contributed by atoms with Crippen molar-refractivity contribution in [2.24, 2.45) is 0 Å². The zero-order valence-electron chi connectivity index (χ0n) is 9.29. The average Bonchev–Trinajstić information content (AvgIpc) is 2.64. The third-order valence-corrected chi connectivity index (χ3v) is 2.48. The monoisotopic (exact) mass is 219 g/mol. The van der Waals surface area contributed by atoms with Gasteiger partial charge >= 0.3 is 0 Å². The predicted octanol–water partition coefficient (Wildman–Crippen LogP) is 2.86. The van der Waals surface area contributed by atoms with Crippen LogP contribution in [0.1, 0.15) is 19.4 Å². The molecule has 0 fully saturated rings. The molecule has 2 rings (SSSR count). The van der Waals surface area contributed by atoms with Gasteiger partial charge in [-0.05, 0) is 25.0 Å². The van der Waals surface area contributed by atoms with Gasteiger partial charge in [-0.1, -0.05) is 24.3 Å². The van der Waals surface area contributed by atoms with Gasteiger partial charge in [-0.15, -0.1) is 0 Å². The molecule has 1 heterocycles. The van der Waals surface area contributed by atoms with Crippen molar-refractivity contribution >= 4 is 5.82 Å². The van der Waals surface area contributed by atoms with Gasteiger partial charge in [-0.2, -0.15) is 5.10 Å². The number of benzene rings is 1. The highest BCUT2D eigenvalue weighted by molar-refractivity contribution is 5.62. The molecule has 1 aromatic heterocycles. The van der Waals surface area contributed by atoms with Crippen LogP contribution in [0.3, 0.4) is 0 Å². The molecule has 0 saturated carbocycles. The highest BCUT2D eigenvalue weighted by Gasteiger charge is 2.18. The summed E-state index contributed by atoms with van der Waals surface area (Å²) in [5.74, 6) is 0.449.